The standard InChI is InChI=1S/C16H25N5O2/c1-11(20-15(22)23-16(2,3)4)8-7-9-12-10-19-14(18-6)21-13(12)17-5/h10-11H,8H2,1-6H3,(H,20,22)(H2,17,18,19,21)/t11-/m0/s1. The molecule has 0 aliphatic carbocycles. The molecule has 126 valence electrons. The van der Waals surface area contributed by atoms with Gasteiger partial charge in [-0.25, -0.2) is 9.78 Å². The summed E-state index contributed by atoms with van der Waals surface area (Å²) in [6.07, 6.45) is 1.71. The van der Waals surface area contributed by atoms with E-state index in [2.05, 4.69) is 37.8 Å². The maximum atomic E-state index is 11.7. The van der Waals surface area contributed by atoms with Crippen LogP contribution in [0.4, 0.5) is 16.6 Å². The molecule has 1 atom stereocenters. The lowest BCUT2D eigenvalue weighted by Gasteiger charge is -2.21. The van der Waals surface area contributed by atoms with Crippen molar-refractivity contribution in [2.45, 2.75) is 45.8 Å². The Balaban J connectivity index is 2.62. The molecular weight excluding hydrogens is 294 g/mol. The van der Waals surface area contributed by atoms with Gasteiger partial charge >= 0.3 is 6.09 Å². The van der Waals surface area contributed by atoms with E-state index in [1.807, 2.05) is 27.7 Å². The van der Waals surface area contributed by atoms with Gasteiger partial charge in [0.15, 0.2) is 0 Å². The molecule has 1 aromatic rings. The van der Waals surface area contributed by atoms with Gasteiger partial charge in [-0.2, -0.15) is 4.98 Å². The van der Waals surface area contributed by atoms with E-state index < -0.39 is 11.7 Å². The van der Waals surface area contributed by atoms with Crippen LogP contribution in [0.1, 0.15) is 39.7 Å². The van der Waals surface area contributed by atoms with Crippen molar-refractivity contribution in [2.24, 2.45) is 0 Å². The van der Waals surface area contributed by atoms with Gasteiger partial charge in [0.2, 0.25) is 5.95 Å². The molecule has 0 aliphatic heterocycles. The van der Waals surface area contributed by atoms with Crippen LogP contribution in [-0.4, -0.2) is 41.8 Å². The Morgan fingerprint density at radius 2 is 2.04 bits per heavy atom. The lowest BCUT2D eigenvalue weighted by molar-refractivity contribution is 0.0509. The summed E-state index contributed by atoms with van der Waals surface area (Å²) in [7, 11) is 3.53. The van der Waals surface area contributed by atoms with Crippen LogP contribution < -0.4 is 16.0 Å². The zero-order valence-corrected chi connectivity index (χ0v) is 14.6. The number of nitrogens with one attached hydrogen (secondary N) is 3. The first-order chi connectivity index (χ1) is 10.7. The summed E-state index contributed by atoms with van der Waals surface area (Å²) in [4.78, 5) is 20.1. The summed E-state index contributed by atoms with van der Waals surface area (Å²) in [5, 5.41) is 8.60. The Morgan fingerprint density at radius 1 is 1.35 bits per heavy atom. The maximum absolute atomic E-state index is 11.7. The van der Waals surface area contributed by atoms with Crippen molar-refractivity contribution in [1.82, 2.24) is 15.3 Å². The molecule has 7 heteroatoms. The number of carbonyl (C=O) groups excluding carboxylic acids is 1. The highest BCUT2D eigenvalue weighted by Crippen LogP contribution is 2.11. The van der Waals surface area contributed by atoms with Crippen molar-refractivity contribution >= 4 is 17.9 Å². The number of ether oxygens (including phenoxy) is 1. The molecule has 23 heavy (non-hydrogen) atoms. The van der Waals surface area contributed by atoms with Gasteiger partial charge in [0.1, 0.15) is 11.4 Å². The van der Waals surface area contributed by atoms with Gasteiger partial charge in [0.05, 0.1) is 11.8 Å². The van der Waals surface area contributed by atoms with Gasteiger partial charge < -0.3 is 20.7 Å². The summed E-state index contributed by atoms with van der Waals surface area (Å²) in [5.74, 6) is 7.22. The number of hydrogen-bond acceptors (Lipinski definition) is 6. The Hall–Kier alpha value is -2.49. The van der Waals surface area contributed by atoms with Crippen LogP contribution in [0.3, 0.4) is 0 Å². The highest BCUT2D eigenvalue weighted by atomic mass is 16.6. The Labute approximate surface area is 137 Å². The second kappa shape index (κ2) is 8.22. The lowest BCUT2D eigenvalue weighted by Crippen LogP contribution is -2.37. The van der Waals surface area contributed by atoms with Gasteiger partial charge in [-0.15, -0.1) is 0 Å². The normalized spacial score (nSPS) is 11.7. The third-order valence-electron chi connectivity index (χ3n) is 2.64. The molecule has 3 N–H and O–H groups in total. The predicted molar refractivity (Wildman–Crippen MR) is 91.5 cm³/mol. The zero-order chi connectivity index (χ0) is 17.5. The summed E-state index contributed by atoms with van der Waals surface area (Å²) in [6, 6.07) is -0.118. The maximum Gasteiger partial charge on any atom is 0.407 e. The molecule has 0 fully saturated rings. The van der Waals surface area contributed by atoms with Crippen molar-refractivity contribution in [1.29, 1.82) is 0 Å². The smallest absolute Gasteiger partial charge is 0.407 e. The third-order valence-corrected chi connectivity index (χ3v) is 2.64. The molecular formula is C16H25N5O2. The van der Waals surface area contributed by atoms with E-state index in [4.69, 9.17) is 4.74 Å². The van der Waals surface area contributed by atoms with Gasteiger partial charge in [-0.3, -0.25) is 0 Å². The van der Waals surface area contributed by atoms with Crippen LogP contribution in [0, 0.1) is 11.8 Å². The summed E-state index contributed by atoms with van der Waals surface area (Å²) < 4.78 is 5.20. The molecule has 0 aliphatic rings. The second-order valence-corrected chi connectivity index (χ2v) is 6.01. The summed E-state index contributed by atoms with van der Waals surface area (Å²) >= 11 is 0. The Kier molecular flexibility index (Phi) is 6.64. The lowest BCUT2D eigenvalue weighted by atomic mass is 10.2. The number of aromatic nitrogens is 2. The van der Waals surface area contributed by atoms with Crippen LogP contribution in [0.5, 0.6) is 0 Å². The number of anilines is 2. The fraction of sp³-hybridized carbons (Fsp3) is 0.562. The van der Waals surface area contributed by atoms with Crippen LogP contribution in [0.25, 0.3) is 0 Å². The fourth-order valence-corrected chi connectivity index (χ4v) is 1.64. The first-order valence-electron chi connectivity index (χ1n) is 7.46. The van der Waals surface area contributed by atoms with Gasteiger partial charge in [-0.1, -0.05) is 11.8 Å². The van der Waals surface area contributed by atoms with Crippen molar-refractivity contribution in [2.75, 3.05) is 24.7 Å². The number of carbonyl (C=O) groups is 1. The van der Waals surface area contributed by atoms with Crippen LogP contribution >= 0.6 is 0 Å². The number of alkyl carbamates (subject to hydrolysis) is 1. The molecule has 0 saturated carbocycles. The minimum absolute atomic E-state index is 0.118. The quantitative estimate of drug-likeness (QED) is 0.738. The molecule has 0 spiro atoms. The predicted octanol–water partition coefficient (Wildman–Crippen LogP) is 2.21. The largest absolute Gasteiger partial charge is 0.444 e. The van der Waals surface area contributed by atoms with Crippen molar-refractivity contribution in [3.05, 3.63) is 11.8 Å². The molecule has 1 amide bonds. The first kappa shape index (κ1) is 18.6. The number of hydrogen-bond donors (Lipinski definition) is 3. The molecule has 7 nitrogen and oxygen atoms in total. The molecule has 1 aromatic heterocycles. The average molecular weight is 319 g/mol. The number of nitrogens with zero attached hydrogens (tertiary/aromatic N) is 2. The van der Waals surface area contributed by atoms with E-state index in [1.165, 1.54) is 0 Å². The summed E-state index contributed by atoms with van der Waals surface area (Å²) in [5.41, 5.74) is 0.194. The van der Waals surface area contributed by atoms with Gasteiger partial charge in [0, 0.05) is 26.6 Å². The molecule has 0 bridgehead atoms. The summed E-state index contributed by atoms with van der Waals surface area (Å²) in [6.45, 7) is 7.35. The monoisotopic (exact) mass is 319 g/mol. The molecule has 0 radical (unpaired) electrons. The van der Waals surface area contributed by atoms with E-state index in [0.29, 0.717) is 23.8 Å². The third kappa shape index (κ3) is 6.87. The Bertz CT molecular complexity index is 599. The molecule has 0 aromatic carbocycles. The highest BCUT2D eigenvalue weighted by Gasteiger charge is 2.17. The zero-order valence-electron chi connectivity index (χ0n) is 14.6. The SMILES string of the molecule is CNc1ncc(C#CC[C@H](C)NC(=O)OC(C)(C)C)c(NC)n1. The average Bonchev–Trinajstić information content (AvgIpc) is 2.45. The van der Waals surface area contributed by atoms with E-state index in [1.54, 1.807) is 20.3 Å². The fourth-order valence-electron chi connectivity index (χ4n) is 1.64. The van der Waals surface area contributed by atoms with E-state index in [-0.39, 0.29) is 6.04 Å². The van der Waals surface area contributed by atoms with Gasteiger partial charge in [-0.05, 0) is 27.7 Å². The van der Waals surface area contributed by atoms with Crippen molar-refractivity contribution in [3.8, 4) is 11.8 Å². The van der Waals surface area contributed by atoms with E-state index >= 15 is 0 Å². The highest BCUT2D eigenvalue weighted by molar-refractivity contribution is 5.68. The molecule has 1 rings (SSSR count). The van der Waals surface area contributed by atoms with Crippen molar-refractivity contribution in [3.63, 3.8) is 0 Å². The number of amides is 1. The van der Waals surface area contributed by atoms with Crippen LogP contribution in [0.15, 0.2) is 6.20 Å². The molecule has 1 heterocycles. The first-order valence-corrected chi connectivity index (χ1v) is 7.46. The van der Waals surface area contributed by atoms with Crippen LogP contribution in [0.2, 0.25) is 0 Å². The minimum Gasteiger partial charge on any atom is -0.444 e. The second-order valence-electron chi connectivity index (χ2n) is 6.01. The number of rotatable bonds is 4. The van der Waals surface area contributed by atoms with Crippen molar-refractivity contribution < 1.29 is 9.53 Å². The molecule has 0 saturated heterocycles. The van der Waals surface area contributed by atoms with Gasteiger partial charge in [0.25, 0.3) is 0 Å². The van der Waals surface area contributed by atoms with E-state index in [9.17, 15) is 4.79 Å². The minimum atomic E-state index is -0.510. The van der Waals surface area contributed by atoms with Crippen LogP contribution in [-0.2, 0) is 4.74 Å². The van der Waals surface area contributed by atoms with E-state index in [0.717, 1.165) is 0 Å². The topological polar surface area (TPSA) is 88.2 Å². The molecule has 0 unspecified atom stereocenters. The Morgan fingerprint density at radius 3 is 2.61 bits per heavy atom.